The van der Waals surface area contributed by atoms with Crippen LogP contribution in [0.3, 0.4) is 0 Å². The lowest BCUT2D eigenvalue weighted by Gasteiger charge is -2.06. The minimum Gasteiger partial charge on any atom is -0.355 e. The van der Waals surface area contributed by atoms with Crippen LogP contribution >= 0.6 is 22.7 Å². The van der Waals surface area contributed by atoms with Gasteiger partial charge in [-0.1, -0.05) is 12.1 Å². The van der Waals surface area contributed by atoms with Crippen LogP contribution < -0.4 is 5.32 Å². The van der Waals surface area contributed by atoms with E-state index in [9.17, 15) is 18.0 Å². The van der Waals surface area contributed by atoms with Crippen LogP contribution in [0.15, 0.2) is 41.2 Å². The van der Waals surface area contributed by atoms with Crippen LogP contribution in [0.5, 0.6) is 0 Å². The molecule has 0 saturated carbocycles. The molecule has 0 saturated heterocycles. The first-order valence-corrected chi connectivity index (χ1v) is 9.45. The minimum atomic E-state index is -4.36. The first-order chi connectivity index (χ1) is 12.4. The predicted molar refractivity (Wildman–Crippen MR) is 95.1 cm³/mol. The van der Waals surface area contributed by atoms with Crippen LogP contribution in [0.2, 0.25) is 0 Å². The maximum Gasteiger partial charge on any atom is 0.416 e. The van der Waals surface area contributed by atoms with Gasteiger partial charge in [0.25, 0.3) is 0 Å². The summed E-state index contributed by atoms with van der Waals surface area (Å²) in [6, 6.07) is 4.84. The molecular formula is C17H14F3N3OS2. The molecule has 0 aliphatic heterocycles. The Balaban J connectivity index is 1.54. The van der Waals surface area contributed by atoms with Gasteiger partial charge in [0, 0.05) is 35.5 Å². The summed E-state index contributed by atoms with van der Waals surface area (Å²) >= 11 is 2.84. The summed E-state index contributed by atoms with van der Waals surface area (Å²) in [4.78, 5) is 20.4. The molecule has 0 atom stereocenters. The van der Waals surface area contributed by atoms with Crippen molar-refractivity contribution >= 4 is 28.6 Å². The van der Waals surface area contributed by atoms with Crippen LogP contribution in [0, 0.1) is 0 Å². The normalized spacial score (nSPS) is 11.5. The van der Waals surface area contributed by atoms with E-state index in [4.69, 9.17) is 0 Å². The topological polar surface area (TPSA) is 54.9 Å². The van der Waals surface area contributed by atoms with Gasteiger partial charge in [0.05, 0.1) is 22.7 Å². The Bertz CT molecular complexity index is 858. The fraction of sp³-hybridized carbons (Fsp3) is 0.235. The van der Waals surface area contributed by atoms with Crippen molar-refractivity contribution in [2.24, 2.45) is 0 Å². The second-order valence-corrected chi connectivity index (χ2v) is 7.26. The summed E-state index contributed by atoms with van der Waals surface area (Å²) in [6.45, 7) is 0.502. The van der Waals surface area contributed by atoms with E-state index >= 15 is 0 Å². The molecule has 26 heavy (non-hydrogen) atoms. The molecule has 0 fully saturated rings. The second kappa shape index (κ2) is 7.96. The number of carbonyl (C=O) groups is 1. The van der Waals surface area contributed by atoms with Crippen molar-refractivity contribution in [3.8, 4) is 10.6 Å². The Labute approximate surface area is 155 Å². The number of aromatic nitrogens is 2. The van der Waals surface area contributed by atoms with Gasteiger partial charge in [0.2, 0.25) is 5.91 Å². The molecule has 1 N–H and O–H groups in total. The molecule has 1 aromatic carbocycles. The summed E-state index contributed by atoms with van der Waals surface area (Å²) in [5.74, 6) is -0.147. The number of halogens is 3. The van der Waals surface area contributed by atoms with Crippen LogP contribution in [-0.2, 0) is 23.8 Å². The Morgan fingerprint density at radius 3 is 2.58 bits per heavy atom. The summed E-state index contributed by atoms with van der Waals surface area (Å²) in [6.07, 6.45) is -1.82. The number of alkyl halides is 3. The van der Waals surface area contributed by atoms with Gasteiger partial charge in [-0.15, -0.1) is 22.7 Å². The van der Waals surface area contributed by atoms with E-state index in [0.717, 1.165) is 17.1 Å². The molecule has 0 spiro atoms. The molecule has 0 bridgehead atoms. The zero-order valence-electron chi connectivity index (χ0n) is 13.4. The van der Waals surface area contributed by atoms with E-state index in [1.807, 2.05) is 5.38 Å². The Morgan fingerprint density at radius 1 is 1.15 bits per heavy atom. The molecule has 3 aromatic rings. The molecule has 9 heteroatoms. The van der Waals surface area contributed by atoms with Gasteiger partial charge in [0.15, 0.2) is 0 Å². The Kier molecular flexibility index (Phi) is 5.67. The van der Waals surface area contributed by atoms with Crippen molar-refractivity contribution in [1.82, 2.24) is 15.3 Å². The number of rotatable bonds is 6. The van der Waals surface area contributed by atoms with Gasteiger partial charge >= 0.3 is 6.18 Å². The smallest absolute Gasteiger partial charge is 0.355 e. The average Bonchev–Trinajstić information content (AvgIpc) is 3.26. The largest absolute Gasteiger partial charge is 0.416 e. The number of thiazole rings is 2. The highest BCUT2D eigenvalue weighted by atomic mass is 32.1. The zero-order valence-corrected chi connectivity index (χ0v) is 15.0. The first-order valence-electron chi connectivity index (χ1n) is 7.69. The molecule has 136 valence electrons. The number of nitrogens with one attached hydrogen (secondary N) is 1. The van der Waals surface area contributed by atoms with Gasteiger partial charge in [-0.3, -0.25) is 4.79 Å². The van der Waals surface area contributed by atoms with Gasteiger partial charge in [-0.2, -0.15) is 13.2 Å². The second-order valence-electron chi connectivity index (χ2n) is 5.42. The van der Waals surface area contributed by atoms with Crippen LogP contribution in [-0.4, -0.2) is 22.4 Å². The number of nitrogens with zero attached hydrogens (tertiary/aromatic N) is 2. The molecule has 1 amide bonds. The van der Waals surface area contributed by atoms with E-state index in [-0.39, 0.29) is 12.3 Å². The van der Waals surface area contributed by atoms with Crippen LogP contribution in [0.25, 0.3) is 10.6 Å². The number of benzene rings is 1. The van der Waals surface area contributed by atoms with Gasteiger partial charge < -0.3 is 5.32 Å². The fourth-order valence-electron chi connectivity index (χ4n) is 2.23. The van der Waals surface area contributed by atoms with E-state index in [2.05, 4.69) is 15.3 Å². The van der Waals surface area contributed by atoms with E-state index in [1.54, 1.807) is 11.6 Å². The summed E-state index contributed by atoms with van der Waals surface area (Å²) in [7, 11) is 0. The third-order valence-corrected chi connectivity index (χ3v) is 5.28. The highest BCUT2D eigenvalue weighted by molar-refractivity contribution is 7.13. The van der Waals surface area contributed by atoms with Crippen LogP contribution in [0.1, 0.15) is 16.3 Å². The van der Waals surface area contributed by atoms with E-state index in [1.165, 1.54) is 34.8 Å². The third kappa shape index (κ3) is 4.89. The highest BCUT2D eigenvalue weighted by Gasteiger charge is 2.30. The zero-order chi connectivity index (χ0) is 18.6. The third-order valence-electron chi connectivity index (χ3n) is 3.50. The first kappa shape index (κ1) is 18.5. The molecule has 0 radical (unpaired) electrons. The number of hydrogen-bond acceptors (Lipinski definition) is 5. The fourth-order valence-corrected chi connectivity index (χ4v) is 3.68. The van der Waals surface area contributed by atoms with Crippen LogP contribution in [0.4, 0.5) is 13.2 Å². The lowest BCUT2D eigenvalue weighted by Crippen LogP contribution is -2.27. The molecule has 2 heterocycles. The van der Waals surface area contributed by atoms with Crippen molar-refractivity contribution in [3.63, 3.8) is 0 Å². The molecule has 3 rings (SSSR count). The van der Waals surface area contributed by atoms with Crippen molar-refractivity contribution in [1.29, 1.82) is 0 Å². The van der Waals surface area contributed by atoms with E-state index in [0.29, 0.717) is 29.2 Å². The quantitative estimate of drug-likeness (QED) is 0.679. The molecule has 0 aliphatic carbocycles. The number of amides is 1. The molecule has 4 nitrogen and oxygen atoms in total. The predicted octanol–water partition coefficient (Wildman–Crippen LogP) is 4.19. The van der Waals surface area contributed by atoms with Gasteiger partial charge in [-0.05, 0) is 12.1 Å². The van der Waals surface area contributed by atoms with Crippen molar-refractivity contribution < 1.29 is 18.0 Å². The Morgan fingerprint density at radius 2 is 1.92 bits per heavy atom. The summed E-state index contributed by atoms with van der Waals surface area (Å²) < 4.78 is 37.8. The summed E-state index contributed by atoms with van der Waals surface area (Å²) in [5.41, 5.74) is 0.493. The highest BCUT2D eigenvalue weighted by Crippen LogP contribution is 2.31. The monoisotopic (exact) mass is 397 g/mol. The number of carbonyl (C=O) groups excluding carboxylic acids is 1. The van der Waals surface area contributed by atoms with Crippen molar-refractivity contribution in [2.75, 3.05) is 6.54 Å². The lowest BCUT2D eigenvalue weighted by molar-refractivity contribution is -0.137. The van der Waals surface area contributed by atoms with E-state index < -0.39 is 11.7 Å². The molecule has 0 unspecified atom stereocenters. The molecular weight excluding hydrogens is 383 g/mol. The van der Waals surface area contributed by atoms with Crippen molar-refractivity contribution in [3.05, 3.63) is 57.5 Å². The maximum atomic E-state index is 12.6. The SMILES string of the molecule is O=C(Cc1csc(-c2ccc(C(F)(F)F)cc2)n1)NCCc1nccs1. The lowest BCUT2D eigenvalue weighted by atomic mass is 10.1. The summed E-state index contributed by atoms with van der Waals surface area (Å²) in [5, 5.41) is 7.99. The Hall–Kier alpha value is -2.26. The van der Waals surface area contributed by atoms with Crippen molar-refractivity contribution in [2.45, 2.75) is 19.0 Å². The maximum absolute atomic E-state index is 12.6. The molecule has 0 aliphatic rings. The van der Waals surface area contributed by atoms with Gasteiger partial charge in [-0.25, -0.2) is 9.97 Å². The molecule has 2 aromatic heterocycles. The minimum absolute atomic E-state index is 0.134. The average molecular weight is 397 g/mol. The standard InChI is InChI=1S/C17H14F3N3OS2/c18-17(19,20)12-3-1-11(2-4-12)16-23-13(10-26-16)9-14(24)21-6-5-15-22-7-8-25-15/h1-4,7-8,10H,5-6,9H2,(H,21,24). The van der Waals surface area contributed by atoms with Gasteiger partial charge in [0.1, 0.15) is 5.01 Å². The number of hydrogen-bond donors (Lipinski definition) is 1.